The second-order valence-electron chi connectivity index (χ2n) is 10.3. The molecule has 1 aliphatic carbocycles. The van der Waals surface area contributed by atoms with Crippen molar-refractivity contribution in [3.8, 4) is 5.75 Å². The summed E-state index contributed by atoms with van der Waals surface area (Å²) in [4.78, 5) is 17.5. The molecule has 0 aromatic heterocycles. The van der Waals surface area contributed by atoms with E-state index in [2.05, 4.69) is 20.4 Å². The number of nitrogens with zero attached hydrogens (tertiary/aromatic N) is 2. The van der Waals surface area contributed by atoms with Crippen LogP contribution in [0.3, 0.4) is 0 Å². The summed E-state index contributed by atoms with van der Waals surface area (Å²) in [7, 11) is 1.54. The highest BCUT2D eigenvalue weighted by Gasteiger charge is 2.37. The van der Waals surface area contributed by atoms with E-state index in [4.69, 9.17) is 4.74 Å². The molecule has 1 saturated carbocycles. The van der Waals surface area contributed by atoms with Crippen molar-refractivity contribution >= 4 is 11.7 Å². The van der Waals surface area contributed by atoms with E-state index in [-0.39, 0.29) is 18.7 Å². The van der Waals surface area contributed by atoms with E-state index >= 15 is 0 Å². The molecule has 2 aromatic carbocycles. The molecule has 2 N–H and O–H groups in total. The largest absolute Gasteiger partial charge is 0.496 e. The van der Waals surface area contributed by atoms with Crippen LogP contribution < -0.4 is 15.4 Å². The highest BCUT2D eigenvalue weighted by molar-refractivity contribution is 5.89. The monoisotopic (exact) mass is 572 g/mol. The second-order valence-corrected chi connectivity index (χ2v) is 10.3. The molecule has 12 heteroatoms. The van der Waals surface area contributed by atoms with Gasteiger partial charge in [-0.3, -0.25) is 9.80 Å². The number of anilines is 1. The van der Waals surface area contributed by atoms with Gasteiger partial charge in [0.25, 0.3) is 0 Å². The first kappa shape index (κ1) is 30.0. The lowest BCUT2D eigenvalue weighted by Gasteiger charge is -2.43. The van der Waals surface area contributed by atoms with Gasteiger partial charge >= 0.3 is 18.4 Å². The van der Waals surface area contributed by atoms with E-state index in [1.807, 2.05) is 24.3 Å². The van der Waals surface area contributed by atoms with Crippen LogP contribution in [0.15, 0.2) is 42.5 Å². The van der Waals surface area contributed by atoms with Crippen LogP contribution in [-0.2, 0) is 12.4 Å². The van der Waals surface area contributed by atoms with Gasteiger partial charge in [-0.2, -0.15) is 26.3 Å². The van der Waals surface area contributed by atoms with Crippen LogP contribution in [0.2, 0.25) is 0 Å². The molecule has 2 aromatic rings. The zero-order valence-electron chi connectivity index (χ0n) is 22.2. The van der Waals surface area contributed by atoms with E-state index in [1.165, 1.54) is 32.1 Å². The van der Waals surface area contributed by atoms with E-state index in [1.54, 1.807) is 7.11 Å². The first-order valence-electron chi connectivity index (χ1n) is 13.4. The number of halogens is 6. The molecule has 0 spiro atoms. The normalized spacial score (nSPS) is 18.8. The lowest BCUT2D eigenvalue weighted by atomic mass is 9.93. The molecule has 40 heavy (non-hydrogen) atoms. The summed E-state index contributed by atoms with van der Waals surface area (Å²) in [6.45, 7) is 3.29. The quantitative estimate of drug-likeness (QED) is 0.370. The molecular formula is C28H34F6N4O2. The Morgan fingerprint density at radius 3 is 2.10 bits per heavy atom. The van der Waals surface area contributed by atoms with Gasteiger partial charge in [-0.05, 0) is 37.1 Å². The Morgan fingerprint density at radius 2 is 1.52 bits per heavy atom. The van der Waals surface area contributed by atoms with Crippen molar-refractivity contribution < 1.29 is 35.9 Å². The zero-order chi connectivity index (χ0) is 28.9. The molecule has 0 radical (unpaired) electrons. The Balaban J connectivity index is 1.47. The fourth-order valence-corrected chi connectivity index (χ4v) is 5.63. The molecule has 1 aliphatic heterocycles. The smallest absolute Gasteiger partial charge is 0.416 e. The number of para-hydroxylation sites is 1. The van der Waals surface area contributed by atoms with E-state index < -0.39 is 35.2 Å². The fourth-order valence-electron chi connectivity index (χ4n) is 5.63. The standard InChI is InChI=1S/C28H34F6N4O2/c1-40-25-10-6-5-9-23(25)24(38-13-11-37(12-14-38)22-7-3-2-4-8-22)18-35-26(39)36-21-16-19(27(29,30)31)15-20(17-21)28(32,33)34/h5-6,9-10,15-17,22,24H,2-4,7-8,11-14,18H2,1H3,(H2,35,36,39). The highest BCUT2D eigenvalue weighted by atomic mass is 19.4. The van der Waals surface area contributed by atoms with Gasteiger partial charge < -0.3 is 15.4 Å². The average molecular weight is 573 g/mol. The number of rotatable bonds is 7. The summed E-state index contributed by atoms with van der Waals surface area (Å²) in [5, 5.41) is 4.79. The minimum absolute atomic E-state index is 0.0216. The summed E-state index contributed by atoms with van der Waals surface area (Å²) in [6, 6.07) is 7.72. The number of piperazine rings is 1. The van der Waals surface area contributed by atoms with Gasteiger partial charge in [-0.25, -0.2) is 4.79 Å². The van der Waals surface area contributed by atoms with E-state index in [0.717, 1.165) is 31.7 Å². The number of hydrogen-bond donors (Lipinski definition) is 2. The predicted molar refractivity (Wildman–Crippen MR) is 139 cm³/mol. The number of ether oxygens (including phenoxy) is 1. The first-order valence-corrected chi connectivity index (χ1v) is 13.4. The van der Waals surface area contributed by atoms with Gasteiger partial charge in [0.15, 0.2) is 0 Å². The molecule has 1 unspecified atom stereocenters. The Hall–Kier alpha value is -2.99. The summed E-state index contributed by atoms with van der Waals surface area (Å²) in [5.41, 5.74) is -2.77. The lowest BCUT2D eigenvalue weighted by Crippen LogP contribution is -2.53. The van der Waals surface area contributed by atoms with Crippen LogP contribution in [-0.4, -0.2) is 61.7 Å². The molecule has 2 aliphatic rings. The number of hydrogen-bond acceptors (Lipinski definition) is 4. The number of methoxy groups -OCH3 is 1. The number of alkyl halides is 6. The van der Waals surface area contributed by atoms with Crippen LogP contribution in [0, 0.1) is 0 Å². The predicted octanol–water partition coefficient (Wildman–Crippen LogP) is 6.55. The van der Waals surface area contributed by atoms with Crippen molar-refractivity contribution in [2.45, 2.75) is 56.5 Å². The third kappa shape index (κ3) is 7.60. The van der Waals surface area contributed by atoms with Gasteiger partial charge in [0.05, 0.1) is 24.3 Å². The number of carbonyl (C=O) groups excluding carboxylic acids is 1. The molecule has 1 heterocycles. The molecule has 220 valence electrons. The SMILES string of the molecule is COc1ccccc1C(CNC(=O)Nc1cc(C(F)(F)F)cc(C(F)(F)F)c1)N1CCN(C2CCCCC2)CC1. The maximum Gasteiger partial charge on any atom is 0.416 e. The minimum atomic E-state index is -5.01. The third-order valence-electron chi connectivity index (χ3n) is 7.68. The van der Waals surface area contributed by atoms with Crippen molar-refractivity contribution in [3.63, 3.8) is 0 Å². The van der Waals surface area contributed by atoms with Gasteiger partial charge in [-0.15, -0.1) is 0 Å². The Bertz CT molecular complexity index is 1110. The number of carbonyl (C=O) groups is 1. The summed E-state index contributed by atoms with van der Waals surface area (Å²) in [6.07, 6.45) is -3.87. The molecule has 2 fully saturated rings. The topological polar surface area (TPSA) is 56.8 Å². The molecule has 0 bridgehead atoms. The van der Waals surface area contributed by atoms with Crippen LogP contribution in [0.4, 0.5) is 36.8 Å². The molecule has 1 saturated heterocycles. The van der Waals surface area contributed by atoms with Crippen molar-refractivity contribution in [2.75, 3.05) is 45.2 Å². The van der Waals surface area contributed by atoms with Crippen molar-refractivity contribution in [2.24, 2.45) is 0 Å². The molecule has 4 rings (SSSR count). The maximum absolute atomic E-state index is 13.2. The molecule has 2 amide bonds. The third-order valence-corrected chi connectivity index (χ3v) is 7.68. The van der Waals surface area contributed by atoms with Gasteiger partial charge in [0.1, 0.15) is 5.75 Å². The summed E-state index contributed by atoms with van der Waals surface area (Å²) in [5.74, 6) is 0.622. The number of nitrogens with one attached hydrogen (secondary N) is 2. The summed E-state index contributed by atoms with van der Waals surface area (Å²) >= 11 is 0. The van der Waals surface area contributed by atoms with Gasteiger partial charge in [-0.1, -0.05) is 37.5 Å². The highest BCUT2D eigenvalue weighted by Crippen LogP contribution is 2.37. The summed E-state index contributed by atoms with van der Waals surface area (Å²) < 4.78 is 84.9. The molecular weight excluding hydrogens is 538 g/mol. The van der Waals surface area contributed by atoms with Gasteiger partial charge in [0.2, 0.25) is 0 Å². The minimum Gasteiger partial charge on any atom is -0.496 e. The van der Waals surface area contributed by atoms with Crippen molar-refractivity contribution in [3.05, 3.63) is 59.2 Å². The number of benzene rings is 2. The number of urea groups is 1. The van der Waals surface area contributed by atoms with Crippen LogP contribution in [0.5, 0.6) is 5.75 Å². The maximum atomic E-state index is 13.2. The van der Waals surface area contributed by atoms with E-state index in [9.17, 15) is 31.1 Å². The molecule has 6 nitrogen and oxygen atoms in total. The van der Waals surface area contributed by atoms with Crippen LogP contribution >= 0.6 is 0 Å². The number of amides is 2. The first-order chi connectivity index (χ1) is 19.0. The average Bonchev–Trinajstić information content (AvgIpc) is 2.93. The fraction of sp³-hybridized carbons (Fsp3) is 0.536. The van der Waals surface area contributed by atoms with Crippen LogP contribution in [0.1, 0.15) is 54.8 Å². The second kappa shape index (κ2) is 12.7. The Morgan fingerprint density at radius 1 is 0.925 bits per heavy atom. The molecule has 1 atom stereocenters. The Kier molecular flexibility index (Phi) is 9.50. The lowest BCUT2D eigenvalue weighted by molar-refractivity contribution is -0.143. The van der Waals surface area contributed by atoms with E-state index in [0.29, 0.717) is 23.9 Å². The zero-order valence-corrected chi connectivity index (χ0v) is 22.2. The van der Waals surface area contributed by atoms with Crippen molar-refractivity contribution in [1.82, 2.24) is 15.1 Å². The van der Waals surface area contributed by atoms with Gasteiger partial charge in [0, 0.05) is 50.0 Å². The van der Waals surface area contributed by atoms with Crippen molar-refractivity contribution in [1.29, 1.82) is 0 Å². The Labute approximate surface area is 229 Å². The van der Waals surface area contributed by atoms with Crippen LogP contribution in [0.25, 0.3) is 0 Å².